The average molecular weight is 485 g/mol. The molecule has 5 aliphatic rings. The van der Waals surface area contributed by atoms with Crippen molar-refractivity contribution < 1.29 is 29.0 Å². The van der Waals surface area contributed by atoms with E-state index < -0.39 is 16.9 Å². The van der Waals surface area contributed by atoms with Crippen LogP contribution in [0.4, 0.5) is 0 Å². The van der Waals surface area contributed by atoms with Crippen LogP contribution < -0.4 is 0 Å². The summed E-state index contributed by atoms with van der Waals surface area (Å²) in [6.07, 6.45) is 10.8. The van der Waals surface area contributed by atoms with E-state index in [0.29, 0.717) is 24.7 Å². The van der Waals surface area contributed by atoms with Crippen molar-refractivity contribution in [3.63, 3.8) is 0 Å². The van der Waals surface area contributed by atoms with E-state index in [2.05, 4.69) is 6.92 Å². The average Bonchev–Trinajstić information content (AvgIpc) is 3.27. The van der Waals surface area contributed by atoms with Crippen LogP contribution in [0.5, 0.6) is 0 Å². The monoisotopic (exact) mass is 484 g/mol. The summed E-state index contributed by atoms with van der Waals surface area (Å²) in [7, 11) is 1.38. The first-order valence-electron chi connectivity index (χ1n) is 13.5. The summed E-state index contributed by atoms with van der Waals surface area (Å²) >= 11 is 0. The second kappa shape index (κ2) is 8.86. The Bertz CT molecular complexity index is 974. The molecule has 1 aliphatic heterocycles. The number of esters is 2. The number of ketones is 1. The highest BCUT2D eigenvalue weighted by atomic mass is 16.6. The predicted molar refractivity (Wildman–Crippen MR) is 130 cm³/mol. The Hall–Kier alpha value is -1.95. The number of aliphatic hydroxyl groups is 1. The molecule has 35 heavy (non-hydrogen) atoms. The zero-order valence-corrected chi connectivity index (χ0v) is 21.5. The number of allylic oxidation sites excluding steroid dienone is 2. The van der Waals surface area contributed by atoms with Gasteiger partial charge in [0.1, 0.15) is 6.10 Å². The lowest BCUT2D eigenvalue weighted by Gasteiger charge is -2.54. The van der Waals surface area contributed by atoms with E-state index in [0.717, 1.165) is 12.0 Å². The van der Waals surface area contributed by atoms with Crippen LogP contribution in [0.2, 0.25) is 0 Å². The van der Waals surface area contributed by atoms with Gasteiger partial charge in [0.25, 0.3) is 0 Å². The van der Waals surface area contributed by atoms with Gasteiger partial charge < -0.3 is 14.6 Å². The van der Waals surface area contributed by atoms with Gasteiger partial charge in [-0.05, 0) is 81.3 Å². The smallest absolute Gasteiger partial charge is 0.316 e. The van der Waals surface area contributed by atoms with Crippen LogP contribution in [0.1, 0.15) is 78.6 Å². The normalized spacial score (nSPS) is 43.3. The maximum atomic E-state index is 13.5. The predicted octanol–water partition coefficient (Wildman–Crippen LogP) is 4.55. The molecule has 4 aliphatic carbocycles. The van der Waals surface area contributed by atoms with E-state index in [-0.39, 0.29) is 48.0 Å². The largest absolute Gasteiger partial charge is 0.469 e. The fraction of sp³-hybridized carbons (Fsp3) is 0.759. The molecule has 1 heterocycles. The van der Waals surface area contributed by atoms with Crippen molar-refractivity contribution in [1.29, 1.82) is 0 Å². The van der Waals surface area contributed by atoms with Gasteiger partial charge in [-0.25, -0.2) is 0 Å². The fourth-order valence-corrected chi connectivity index (χ4v) is 8.75. The molecule has 0 spiro atoms. The molecule has 0 amide bonds. The third kappa shape index (κ3) is 3.73. The molecule has 192 valence electrons. The van der Waals surface area contributed by atoms with Crippen molar-refractivity contribution in [3.8, 4) is 0 Å². The molecule has 0 unspecified atom stereocenters. The molecule has 2 saturated carbocycles. The van der Waals surface area contributed by atoms with Crippen LogP contribution in [0.3, 0.4) is 0 Å². The van der Waals surface area contributed by atoms with Crippen molar-refractivity contribution in [2.75, 3.05) is 7.11 Å². The lowest BCUT2D eigenvalue weighted by atomic mass is 9.46. The van der Waals surface area contributed by atoms with Crippen LogP contribution in [0.15, 0.2) is 23.3 Å². The minimum atomic E-state index is -0.905. The van der Waals surface area contributed by atoms with Gasteiger partial charge in [0.05, 0.1) is 18.6 Å². The number of hydrogen-bond acceptors (Lipinski definition) is 6. The number of carbonyl (C=O) groups excluding carboxylic acids is 3. The van der Waals surface area contributed by atoms with Gasteiger partial charge in [-0.15, -0.1) is 0 Å². The van der Waals surface area contributed by atoms with E-state index in [4.69, 9.17) is 9.47 Å². The third-order valence-electron chi connectivity index (χ3n) is 10.6. The standard InChI is InChI=1S/C29H40O6/c1-16-19(17-8-6-5-7-9-17)14-22(30)20(16)12-18-13-23-26-28(2,27(33)35-23)11-10-24(31)29(26,3)21(18)15-25(32)34-4/h10-11,17-19,21-23,26,30H,5-9,12-15H2,1-4H3/t18-,19-,21+,22+,23+,26+,28-,29+/m1/s1. The summed E-state index contributed by atoms with van der Waals surface area (Å²) in [6.45, 7) is 5.96. The number of aliphatic hydroxyl groups excluding tert-OH is 1. The summed E-state index contributed by atoms with van der Waals surface area (Å²) in [4.78, 5) is 39.0. The Labute approximate surface area is 208 Å². The summed E-state index contributed by atoms with van der Waals surface area (Å²) in [6, 6.07) is 0. The van der Waals surface area contributed by atoms with Crippen molar-refractivity contribution in [1.82, 2.24) is 0 Å². The second-order valence-corrected chi connectivity index (χ2v) is 12.2. The first kappa shape index (κ1) is 24.7. The molecule has 6 nitrogen and oxygen atoms in total. The van der Waals surface area contributed by atoms with Gasteiger partial charge in [0.2, 0.25) is 0 Å². The molecule has 0 aromatic carbocycles. The van der Waals surface area contributed by atoms with Crippen molar-refractivity contribution in [2.24, 2.45) is 40.4 Å². The highest BCUT2D eigenvalue weighted by molar-refractivity contribution is 6.00. The van der Waals surface area contributed by atoms with Gasteiger partial charge >= 0.3 is 11.9 Å². The Morgan fingerprint density at radius 1 is 1.17 bits per heavy atom. The molecular weight excluding hydrogens is 444 g/mol. The molecule has 3 fully saturated rings. The Balaban J connectivity index is 1.50. The lowest BCUT2D eigenvalue weighted by Crippen LogP contribution is -2.58. The van der Waals surface area contributed by atoms with Crippen LogP contribution >= 0.6 is 0 Å². The van der Waals surface area contributed by atoms with Crippen LogP contribution in [-0.2, 0) is 23.9 Å². The van der Waals surface area contributed by atoms with Gasteiger partial charge in [0, 0.05) is 17.8 Å². The molecule has 0 bridgehead atoms. The molecule has 0 aromatic heterocycles. The number of ether oxygens (including phenoxy) is 2. The van der Waals surface area contributed by atoms with Gasteiger partial charge in [-0.3, -0.25) is 14.4 Å². The lowest BCUT2D eigenvalue weighted by molar-refractivity contribution is -0.156. The Morgan fingerprint density at radius 2 is 1.89 bits per heavy atom. The zero-order valence-electron chi connectivity index (χ0n) is 21.5. The van der Waals surface area contributed by atoms with E-state index in [1.165, 1.54) is 50.9 Å². The molecule has 1 N–H and O–H groups in total. The molecule has 1 saturated heterocycles. The minimum absolute atomic E-state index is 0.0420. The van der Waals surface area contributed by atoms with Crippen LogP contribution in [0.25, 0.3) is 0 Å². The third-order valence-corrected chi connectivity index (χ3v) is 10.6. The summed E-state index contributed by atoms with van der Waals surface area (Å²) < 4.78 is 11.0. The number of hydrogen-bond donors (Lipinski definition) is 1. The number of methoxy groups -OCH3 is 1. The fourth-order valence-electron chi connectivity index (χ4n) is 8.75. The van der Waals surface area contributed by atoms with Crippen LogP contribution in [0, 0.1) is 40.4 Å². The summed E-state index contributed by atoms with van der Waals surface area (Å²) in [5.41, 5.74) is 0.615. The van der Waals surface area contributed by atoms with E-state index in [1.807, 2.05) is 13.8 Å². The first-order valence-corrected chi connectivity index (χ1v) is 13.5. The molecule has 0 radical (unpaired) electrons. The molecule has 8 atom stereocenters. The molecular formula is C29H40O6. The quantitative estimate of drug-likeness (QED) is 0.455. The second-order valence-electron chi connectivity index (χ2n) is 12.2. The maximum absolute atomic E-state index is 13.5. The summed E-state index contributed by atoms with van der Waals surface area (Å²) in [5.74, 6) is -0.265. The van der Waals surface area contributed by atoms with Crippen molar-refractivity contribution in [2.45, 2.75) is 90.8 Å². The SMILES string of the molecule is COC(=O)C[C@H]1[C@H](CC2=C(C)[C@H](C3CCCCC3)C[C@@H]2O)C[C@@H]2OC(=O)[C@]3(C)C=CC(=O)[C@@]1(C)[C@@H]23. The van der Waals surface area contributed by atoms with Crippen molar-refractivity contribution >= 4 is 17.7 Å². The van der Waals surface area contributed by atoms with Crippen LogP contribution in [-0.4, -0.2) is 42.1 Å². The van der Waals surface area contributed by atoms with Gasteiger partial charge in [0.15, 0.2) is 5.78 Å². The van der Waals surface area contributed by atoms with E-state index >= 15 is 0 Å². The zero-order chi connectivity index (χ0) is 25.1. The Morgan fingerprint density at radius 3 is 2.57 bits per heavy atom. The minimum Gasteiger partial charge on any atom is -0.469 e. The molecule has 6 heteroatoms. The topological polar surface area (TPSA) is 89.9 Å². The first-order chi connectivity index (χ1) is 16.6. The van der Waals surface area contributed by atoms with Crippen molar-refractivity contribution in [3.05, 3.63) is 23.3 Å². The molecule has 5 rings (SSSR count). The van der Waals surface area contributed by atoms with Gasteiger partial charge in [-0.1, -0.05) is 37.8 Å². The van der Waals surface area contributed by atoms with E-state index in [9.17, 15) is 19.5 Å². The number of rotatable bonds is 5. The van der Waals surface area contributed by atoms with Gasteiger partial charge in [-0.2, -0.15) is 0 Å². The highest BCUT2D eigenvalue weighted by Crippen LogP contribution is 2.63. The Kier molecular flexibility index (Phi) is 6.26. The van der Waals surface area contributed by atoms with E-state index in [1.54, 1.807) is 6.08 Å². The highest BCUT2D eigenvalue weighted by Gasteiger charge is 2.69. The number of carbonyl (C=O) groups is 3. The maximum Gasteiger partial charge on any atom is 0.316 e. The molecule has 0 aromatic rings. The summed E-state index contributed by atoms with van der Waals surface area (Å²) in [5, 5.41) is 11.2.